The largest absolute Gasteiger partial charge is 0.294 e. The second-order valence-electron chi connectivity index (χ2n) is 7.64. The Bertz CT molecular complexity index is 554. The molecule has 0 radical (unpaired) electrons. The molecule has 1 nitrogen and oxygen atoms in total. The van der Waals surface area contributed by atoms with E-state index in [9.17, 15) is 4.79 Å². The van der Waals surface area contributed by atoms with Gasteiger partial charge in [-0.2, -0.15) is 0 Å². The summed E-state index contributed by atoms with van der Waals surface area (Å²) < 4.78 is 1.00. The van der Waals surface area contributed by atoms with Gasteiger partial charge in [-0.3, -0.25) is 4.79 Å². The monoisotopic (exact) mass is 346 g/mol. The van der Waals surface area contributed by atoms with E-state index in [4.69, 9.17) is 0 Å². The molecule has 4 aliphatic rings. The Morgan fingerprint density at radius 2 is 1.71 bits per heavy atom. The molecule has 1 aromatic carbocycles. The third-order valence-electron chi connectivity index (χ3n) is 6.22. The Kier molecular flexibility index (Phi) is 3.29. The Labute approximate surface area is 135 Å². The lowest BCUT2D eigenvalue weighted by molar-refractivity contribution is -0.00555. The minimum absolute atomic E-state index is 0.299. The van der Waals surface area contributed by atoms with Crippen LogP contribution >= 0.6 is 15.9 Å². The van der Waals surface area contributed by atoms with Crippen molar-refractivity contribution in [3.05, 3.63) is 33.8 Å². The fourth-order valence-electron chi connectivity index (χ4n) is 5.87. The van der Waals surface area contributed by atoms with Gasteiger partial charge in [-0.1, -0.05) is 35.0 Å². The fraction of sp³-hybridized carbons (Fsp3) is 0.632. The van der Waals surface area contributed by atoms with E-state index >= 15 is 0 Å². The van der Waals surface area contributed by atoms with Gasteiger partial charge in [-0.15, -0.1) is 0 Å². The molecular formula is C19H23BrO. The first-order valence-electron chi connectivity index (χ1n) is 8.43. The maximum absolute atomic E-state index is 12.5. The number of Topliss-reactive ketones (excluding diaryl/α,β-unsaturated/α-hetero) is 1. The minimum atomic E-state index is 0.299. The molecule has 0 aliphatic heterocycles. The molecule has 0 saturated heterocycles. The maximum Gasteiger partial charge on any atom is 0.164 e. The highest BCUT2D eigenvalue weighted by Crippen LogP contribution is 2.61. The molecule has 0 atom stereocenters. The van der Waals surface area contributed by atoms with Crippen molar-refractivity contribution in [3.8, 4) is 0 Å². The van der Waals surface area contributed by atoms with Crippen LogP contribution < -0.4 is 0 Å². The zero-order valence-electron chi connectivity index (χ0n) is 12.7. The predicted octanol–water partition coefficient (Wildman–Crippen LogP) is 5.51. The van der Waals surface area contributed by atoms with Gasteiger partial charge >= 0.3 is 0 Å². The summed E-state index contributed by atoms with van der Waals surface area (Å²) in [5, 5.41) is 0. The first-order chi connectivity index (χ1) is 10.1. The highest BCUT2D eigenvalue weighted by molar-refractivity contribution is 9.10. The average Bonchev–Trinajstić information content (AvgIpc) is 2.45. The maximum atomic E-state index is 12.5. The number of halogens is 1. The number of carbonyl (C=O) groups is 1. The van der Waals surface area contributed by atoms with Crippen molar-refractivity contribution in [1.82, 2.24) is 0 Å². The van der Waals surface area contributed by atoms with E-state index in [-0.39, 0.29) is 0 Å². The Balaban J connectivity index is 1.83. The summed E-state index contributed by atoms with van der Waals surface area (Å²) in [6.45, 7) is 1.98. The molecule has 0 heterocycles. The van der Waals surface area contributed by atoms with Gasteiger partial charge in [-0.25, -0.2) is 0 Å². The van der Waals surface area contributed by atoms with Gasteiger partial charge in [0.1, 0.15) is 0 Å². The standard InChI is InChI=1S/C19H23BrO/c1-2-17(21)18-15(4-3-5-16(18)20)19-9-12-6-13(10-19)8-14(7-12)11-19/h3-5,12-14H,2,6-11H2,1H3. The highest BCUT2D eigenvalue weighted by atomic mass is 79.9. The van der Waals surface area contributed by atoms with Gasteiger partial charge in [0.2, 0.25) is 0 Å². The molecule has 0 N–H and O–H groups in total. The molecule has 0 spiro atoms. The van der Waals surface area contributed by atoms with Crippen LogP contribution in [0.5, 0.6) is 0 Å². The molecule has 4 aliphatic carbocycles. The van der Waals surface area contributed by atoms with Crippen LogP contribution in [0.4, 0.5) is 0 Å². The smallest absolute Gasteiger partial charge is 0.164 e. The first kappa shape index (κ1) is 14.0. The minimum Gasteiger partial charge on any atom is -0.294 e. The molecule has 112 valence electrons. The number of hydrogen-bond acceptors (Lipinski definition) is 1. The van der Waals surface area contributed by atoms with E-state index < -0.39 is 0 Å². The topological polar surface area (TPSA) is 17.1 Å². The second-order valence-corrected chi connectivity index (χ2v) is 8.49. The van der Waals surface area contributed by atoms with Gasteiger partial charge < -0.3 is 0 Å². The number of ketones is 1. The molecule has 4 fully saturated rings. The van der Waals surface area contributed by atoms with Gasteiger partial charge in [-0.05, 0) is 73.3 Å². The zero-order chi connectivity index (χ0) is 14.6. The van der Waals surface area contributed by atoms with E-state index in [1.807, 2.05) is 13.0 Å². The molecule has 2 heteroatoms. The average molecular weight is 347 g/mol. The van der Waals surface area contributed by atoms with E-state index in [1.165, 1.54) is 44.1 Å². The van der Waals surface area contributed by atoms with Crippen molar-refractivity contribution in [3.63, 3.8) is 0 Å². The third-order valence-corrected chi connectivity index (χ3v) is 6.88. The Morgan fingerprint density at radius 1 is 1.14 bits per heavy atom. The SMILES string of the molecule is CCC(=O)c1c(Br)cccc1C12CC3CC(CC(C3)C1)C2. The van der Waals surface area contributed by atoms with Gasteiger partial charge in [0.25, 0.3) is 0 Å². The Morgan fingerprint density at radius 3 is 2.24 bits per heavy atom. The molecule has 0 aromatic heterocycles. The van der Waals surface area contributed by atoms with Crippen LogP contribution in [0.3, 0.4) is 0 Å². The summed E-state index contributed by atoms with van der Waals surface area (Å²) in [5.41, 5.74) is 2.66. The van der Waals surface area contributed by atoms with Crippen LogP contribution in [0, 0.1) is 17.8 Å². The van der Waals surface area contributed by atoms with Gasteiger partial charge in [0.15, 0.2) is 5.78 Å². The quantitative estimate of drug-likeness (QED) is 0.659. The molecule has 0 amide bonds. The van der Waals surface area contributed by atoms with E-state index in [2.05, 4.69) is 28.1 Å². The third kappa shape index (κ3) is 2.13. The van der Waals surface area contributed by atoms with Crippen LogP contribution in [-0.4, -0.2) is 5.78 Å². The summed E-state index contributed by atoms with van der Waals surface area (Å²) >= 11 is 3.65. The molecule has 5 rings (SSSR count). The van der Waals surface area contributed by atoms with Crippen molar-refractivity contribution in [2.45, 2.75) is 57.3 Å². The lowest BCUT2D eigenvalue weighted by Gasteiger charge is -2.57. The molecular weight excluding hydrogens is 324 g/mol. The molecule has 0 unspecified atom stereocenters. The number of hydrogen-bond donors (Lipinski definition) is 0. The molecule has 1 aromatic rings. The summed E-state index contributed by atoms with van der Waals surface area (Å²) in [6, 6.07) is 6.41. The van der Waals surface area contributed by atoms with Crippen molar-refractivity contribution < 1.29 is 4.79 Å². The van der Waals surface area contributed by atoms with Crippen LogP contribution in [0.25, 0.3) is 0 Å². The number of carbonyl (C=O) groups excluding carboxylic acids is 1. The van der Waals surface area contributed by atoms with E-state index in [0.29, 0.717) is 17.6 Å². The highest BCUT2D eigenvalue weighted by Gasteiger charge is 2.52. The first-order valence-corrected chi connectivity index (χ1v) is 9.23. The van der Waals surface area contributed by atoms with Crippen LogP contribution in [0.1, 0.15) is 67.8 Å². The number of benzene rings is 1. The van der Waals surface area contributed by atoms with E-state index in [1.54, 1.807) is 0 Å². The predicted molar refractivity (Wildman–Crippen MR) is 88.6 cm³/mol. The van der Waals surface area contributed by atoms with Gasteiger partial charge in [0.05, 0.1) is 0 Å². The van der Waals surface area contributed by atoms with Crippen molar-refractivity contribution in [1.29, 1.82) is 0 Å². The fourth-order valence-corrected chi connectivity index (χ4v) is 6.45. The van der Waals surface area contributed by atoms with Gasteiger partial charge in [0, 0.05) is 16.5 Å². The summed E-state index contributed by atoms with van der Waals surface area (Å²) in [6.07, 6.45) is 8.90. The normalized spacial score (nSPS) is 37.0. The number of rotatable bonds is 3. The van der Waals surface area contributed by atoms with Crippen molar-refractivity contribution in [2.24, 2.45) is 17.8 Å². The summed E-state index contributed by atoms with van der Waals surface area (Å²) in [4.78, 5) is 12.5. The molecule has 4 bridgehead atoms. The van der Waals surface area contributed by atoms with Crippen molar-refractivity contribution >= 4 is 21.7 Å². The zero-order valence-corrected chi connectivity index (χ0v) is 14.3. The lowest BCUT2D eigenvalue weighted by atomic mass is 9.47. The lowest BCUT2D eigenvalue weighted by Crippen LogP contribution is -2.49. The van der Waals surface area contributed by atoms with E-state index in [0.717, 1.165) is 27.8 Å². The summed E-state index contributed by atoms with van der Waals surface area (Å²) in [5.74, 6) is 3.05. The van der Waals surface area contributed by atoms with Crippen molar-refractivity contribution in [2.75, 3.05) is 0 Å². The van der Waals surface area contributed by atoms with Crippen LogP contribution in [-0.2, 0) is 5.41 Å². The molecule has 21 heavy (non-hydrogen) atoms. The summed E-state index contributed by atoms with van der Waals surface area (Å²) in [7, 11) is 0. The van der Waals surface area contributed by atoms with Crippen LogP contribution in [0.15, 0.2) is 22.7 Å². The Hall–Kier alpha value is -0.630. The molecule has 4 saturated carbocycles. The van der Waals surface area contributed by atoms with Crippen LogP contribution in [0.2, 0.25) is 0 Å². The second kappa shape index (κ2) is 4.94.